The zero-order chi connectivity index (χ0) is 21.9. The summed E-state index contributed by atoms with van der Waals surface area (Å²) >= 11 is 0. The predicted octanol–water partition coefficient (Wildman–Crippen LogP) is 5.65. The number of hydrogen-bond acceptors (Lipinski definition) is 4. The van der Waals surface area contributed by atoms with Gasteiger partial charge in [0, 0.05) is 25.4 Å². The number of hydrogen-bond donors (Lipinski definition) is 1. The fourth-order valence-corrected chi connectivity index (χ4v) is 4.88. The molecule has 1 atom stereocenters. The van der Waals surface area contributed by atoms with E-state index < -0.39 is 5.60 Å². The van der Waals surface area contributed by atoms with Crippen molar-refractivity contribution in [2.75, 3.05) is 38.2 Å². The Morgan fingerprint density at radius 2 is 1.84 bits per heavy atom. The van der Waals surface area contributed by atoms with Crippen LogP contribution in [0.2, 0.25) is 0 Å². The van der Waals surface area contributed by atoms with Gasteiger partial charge in [-0.1, -0.05) is 39.5 Å². The topological polar surface area (TPSA) is 50.8 Å². The van der Waals surface area contributed by atoms with Crippen molar-refractivity contribution in [2.24, 2.45) is 5.92 Å². The highest BCUT2D eigenvalue weighted by molar-refractivity contribution is 5.97. The third kappa shape index (κ3) is 7.50. The van der Waals surface area contributed by atoms with E-state index in [1.54, 1.807) is 0 Å². The number of rotatable bonds is 10. The summed E-state index contributed by atoms with van der Waals surface area (Å²) in [5.74, 6) is 1.69. The van der Waals surface area contributed by atoms with Crippen LogP contribution in [0.25, 0.3) is 0 Å². The van der Waals surface area contributed by atoms with Gasteiger partial charge in [-0.3, -0.25) is 4.79 Å². The number of amides is 1. The lowest BCUT2D eigenvalue weighted by atomic mass is 9.92. The molecule has 0 aromatic heterocycles. The Balaban J connectivity index is 1.45. The maximum Gasteiger partial charge on any atom is 0.256 e. The summed E-state index contributed by atoms with van der Waals surface area (Å²) in [6, 6.07) is 7.77. The zero-order valence-electron chi connectivity index (χ0n) is 19.7. The number of nitrogens with one attached hydrogen (secondary N) is 1. The first-order chi connectivity index (χ1) is 15.1. The van der Waals surface area contributed by atoms with Gasteiger partial charge in [0.05, 0.1) is 6.61 Å². The number of carbonyl (C=O) groups is 1. The van der Waals surface area contributed by atoms with Crippen molar-refractivity contribution in [3.8, 4) is 5.75 Å². The molecular weight excluding hydrogens is 388 g/mol. The van der Waals surface area contributed by atoms with Gasteiger partial charge in [0.25, 0.3) is 5.91 Å². The summed E-state index contributed by atoms with van der Waals surface area (Å²) < 4.78 is 12.1. The number of ether oxygens (including phenoxy) is 2. The van der Waals surface area contributed by atoms with E-state index in [4.69, 9.17) is 9.47 Å². The van der Waals surface area contributed by atoms with Gasteiger partial charge in [0.2, 0.25) is 0 Å². The Morgan fingerprint density at radius 3 is 2.52 bits per heavy atom. The lowest BCUT2D eigenvalue weighted by Crippen LogP contribution is -2.45. The van der Waals surface area contributed by atoms with Crippen molar-refractivity contribution in [3.63, 3.8) is 0 Å². The normalized spacial score (nSPS) is 21.9. The van der Waals surface area contributed by atoms with Crippen molar-refractivity contribution in [3.05, 3.63) is 24.3 Å². The second-order valence-electron chi connectivity index (χ2n) is 9.49. The summed E-state index contributed by atoms with van der Waals surface area (Å²) in [4.78, 5) is 15.7. The van der Waals surface area contributed by atoms with E-state index in [-0.39, 0.29) is 5.91 Å². The van der Waals surface area contributed by atoms with E-state index >= 15 is 0 Å². The largest absolute Gasteiger partial charge is 0.494 e. The first-order valence-corrected chi connectivity index (χ1v) is 12.5. The molecule has 1 aromatic carbocycles. The molecule has 5 heteroatoms. The molecule has 1 aliphatic carbocycles. The highest BCUT2D eigenvalue weighted by Crippen LogP contribution is 2.32. The van der Waals surface area contributed by atoms with Gasteiger partial charge in [0.1, 0.15) is 11.4 Å². The second kappa shape index (κ2) is 12.4. The lowest BCUT2D eigenvalue weighted by Gasteiger charge is -2.31. The molecule has 1 heterocycles. The van der Waals surface area contributed by atoms with Gasteiger partial charge in [-0.2, -0.15) is 0 Å². The first kappa shape index (κ1) is 24.1. The number of benzene rings is 1. The number of anilines is 1. The van der Waals surface area contributed by atoms with Crippen molar-refractivity contribution in [1.82, 2.24) is 4.90 Å². The van der Waals surface area contributed by atoms with Crippen molar-refractivity contribution in [1.29, 1.82) is 0 Å². The SMILES string of the molecule is CCCOC1(C(=O)Nc2ccc(OCCCN3CCC[C@@H](C)C3)cc2)CCCCCC1. The monoisotopic (exact) mass is 430 g/mol. The van der Waals surface area contributed by atoms with Gasteiger partial charge in [0.15, 0.2) is 0 Å². The van der Waals surface area contributed by atoms with Crippen LogP contribution in [0.4, 0.5) is 5.69 Å². The Bertz CT molecular complexity index is 653. The maximum absolute atomic E-state index is 13.1. The molecule has 5 nitrogen and oxygen atoms in total. The number of nitrogens with zero attached hydrogens (tertiary/aromatic N) is 1. The summed E-state index contributed by atoms with van der Waals surface area (Å²) in [5.41, 5.74) is 0.136. The van der Waals surface area contributed by atoms with Gasteiger partial charge in [-0.05, 0) is 75.3 Å². The minimum Gasteiger partial charge on any atom is -0.494 e. The average Bonchev–Trinajstić information content (AvgIpc) is 3.03. The molecule has 1 saturated heterocycles. The fourth-order valence-electron chi connectivity index (χ4n) is 4.88. The average molecular weight is 431 g/mol. The zero-order valence-corrected chi connectivity index (χ0v) is 19.7. The van der Waals surface area contributed by atoms with Crippen molar-refractivity contribution < 1.29 is 14.3 Å². The van der Waals surface area contributed by atoms with Crippen LogP contribution in [0.1, 0.15) is 78.1 Å². The van der Waals surface area contributed by atoms with Crippen molar-refractivity contribution in [2.45, 2.75) is 83.7 Å². The molecular formula is C26H42N2O3. The quantitative estimate of drug-likeness (QED) is 0.385. The van der Waals surface area contributed by atoms with Crippen LogP contribution in [-0.2, 0) is 9.53 Å². The highest BCUT2D eigenvalue weighted by Gasteiger charge is 2.39. The van der Waals surface area contributed by atoms with Crippen molar-refractivity contribution >= 4 is 11.6 Å². The molecule has 1 amide bonds. The molecule has 1 N–H and O–H groups in total. The van der Waals surface area contributed by atoms with Gasteiger partial charge in [-0.15, -0.1) is 0 Å². The highest BCUT2D eigenvalue weighted by atomic mass is 16.5. The van der Waals surface area contributed by atoms with E-state index in [1.165, 1.54) is 38.8 Å². The van der Waals surface area contributed by atoms with Crippen LogP contribution >= 0.6 is 0 Å². The fraction of sp³-hybridized carbons (Fsp3) is 0.731. The van der Waals surface area contributed by atoms with Crippen LogP contribution in [0.5, 0.6) is 5.75 Å². The Labute approximate surface area is 188 Å². The number of piperidine rings is 1. The molecule has 31 heavy (non-hydrogen) atoms. The van der Waals surface area contributed by atoms with Crippen LogP contribution in [-0.4, -0.2) is 49.3 Å². The standard InChI is InChI=1S/C26H42N2O3/c1-3-19-31-26(15-6-4-5-7-16-26)25(29)27-23-11-13-24(14-12-23)30-20-9-18-28-17-8-10-22(2)21-28/h11-14,22H,3-10,15-21H2,1-2H3,(H,27,29)/t22-/m1/s1. The number of likely N-dealkylation sites (tertiary alicyclic amines) is 1. The van der Waals surface area contributed by atoms with E-state index in [9.17, 15) is 4.79 Å². The molecule has 1 aromatic rings. The van der Waals surface area contributed by atoms with Crippen LogP contribution in [0, 0.1) is 5.92 Å². The van der Waals surface area contributed by atoms with Gasteiger partial charge in [-0.25, -0.2) is 0 Å². The van der Waals surface area contributed by atoms with Crippen LogP contribution < -0.4 is 10.1 Å². The van der Waals surface area contributed by atoms with Gasteiger partial charge < -0.3 is 19.7 Å². The minimum atomic E-state index is -0.673. The molecule has 0 spiro atoms. The van der Waals surface area contributed by atoms with Crippen LogP contribution in [0.15, 0.2) is 24.3 Å². The predicted molar refractivity (Wildman–Crippen MR) is 127 cm³/mol. The molecule has 0 unspecified atom stereocenters. The molecule has 2 aliphatic rings. The van der Waals surface area contributed by atoms with Gasteiger partial charge >= 0.3 is 0 Å². The van der Waals surface area contributed by atoms with Crippen LogP contribution in [0.3, 0.4) is 0 Å². The summed E-state index contributed by atoms with van der Waals surface area (Å²) in [5, 5.41) is 3.10. The Hall–Kier alpha value is -1.59. The minimum absolute atomic E-state index is 0.00674. The Kier molecular flexibility index (Phi) is 9.66. The molecule has 1 aliphatic heterocycles. The maximum atomic E-state index is 13.1. The summed E-state index contributed by atoms with van der Waals surface area (Å²) in [7, 11) is 0. The summed E-state index contributed by atoms with van der Waals surface area (Å²) in [6.45, 7) is 9.35. The lowest BCUT2D eigenvalue weighted by molar-refractivity contribution is -0.143. The smallest absolute Gasteiger partial charge is 0.256 e. The Morgan fingerprint density at radius 1 is 1.10 bits per heavy atom. The molecule has 3 rings (SSSR count). The van der Waals surface area contributed by atoms with E-state index in [0.29, 0.717) is 6.61 Å². The third-order valence-electron chi connectivity index (χ3n) is 6.65. The van der Waals surface area contributed by atoms with E-state index in [2.05, 4.69) is 24.1 Å². The number of carbonyl (C=O) groups excluding carboxylic acids is 1. The molecule has 2 fully saturated rings. The third-order valence-corrected chi connectivity index (χ3v) is 6.65. The molecule has 174 valence electrons. The second-order valence-corrected chi connectivity index (χ2v) is 9.49. The van der Waals surface area contributed by atoms with E-state index in [0.717, 1.165) is 69.0 Å². The molecule has 0 bridgehead atoms. The first-order valence-electron chi connectivity index (χ1n) is 12.5. The molecule has 1 saturated carbocycles. The summed E-state index contributed by atoms with van der Waals surface area (Å²) in [6.07, 6.45) is 10.8. The molecule has 0 radical (unpaired) electrons. The van der Waals surface area contributed by atoms with E-state index in [1.807, 2.05) is 24.3 Å².